The van der Waals surface area contributed by atoms with E-state index >= 15 is 0 Å². The van der Waals surface area contributed by atoms with Crippen LogP contribution in [-0.4, -0.2) is 30.0 Å². The Morgan fingerprint density at radius 2 is 1.12 bits per heavy atom. The maximum absolute atomic E-state index is 14.8. The van der Waals surface area contributed by atoms with Gasteiger partial charge in [0.25, 0.3) is 14.7 Å². The lowest BCUT2D eigenvalue weighted by atomic mass is 10.0. The molecular weight excluding hydrogens is 866 g/mol. The van der Waals surface area contributed by atoms with Gasteiger partial charge in [-0.05, 0) is 103 Å². The van der Waals surface area contributed by atoms with Crippen LogP contribution >= 0.6 is 14.7 Å². The van der Waals surface area contributed by atoms with Crippen LogP contribution in [0.4, 0.5) is 0 Å². The zero-order valence-electron chi connectivity index (χ0n) is 35.1. The summed E-state index contributed by atoms with van der Waals surface area (Å²) < 4.78 is 63.5. The molecule has 0 aliphatic carbocycles. The van der Waals surface area contributed by atoms with Gasteiger partial charge in [-0.3, -0.25) is 18.7 Å². The molecule has 65 heavy (non-hydrogen) atoms. The zero-order valence-corrected chi connectivity index (χ0v) is 36.9. The van der Waals surface area contributed by atoms with E-state index in [4.69, 9.17) is 28.0 Å². The molecule has 2 unspecified atom stereocenters. The molecule has 0 saturated carbocycles. The quantitative estimate of drug-likeness (QED) is 0.0356. The molecule has 326 valence electrons. The third-order valence-electron chi connectivity index (χ3n) is 10.3. The SMILES string of the molecule is C=C(/C=C\C(=C/CCP1(=O)Oc2ccccc2-c2ccccc21)OC(=O)c1ccc(C(=O)Oc2ccc(OC(C)=O)cc2CP2(=O)Oc3ccccc3-c3ccccc32)cc1)OC(C)=O. The number of esters is 4. The number of para-hydroxylation sites is 2. The summed E-state index contributed by atoms with van der Waals surface area (Å²) in [7, 11) is -7.09. The Kier molecular flexibility index (Phi) is 12.7. The second-order valence-electron chi connectivity index (χ2n) is 14.9. The zero-order chi connectivity index (χ0) is 45.7. The molecule has 0 amide bonds. The van der Waals surface area contributed by atoms with Crippen LogP contribution in [0.25, 0.3) is 22.3 Å². The summed E-state index contributed by atoms with van der Waals surface area (Å²) in [5.74, 6) is -1.56. The summed E-state index contributed by atoms with van der Waals surface area (Å²) >= 11 is 0. The Bertz CT molecular complexity index is 3060. The highest BCUT2D eigenvalue weighted by molar-refractivity contribution is 7.68. The van der Waals surface area contributed by atoms with Crippen LogP contribution in [0.2, 0.25) is 0 Å². The molecule has 0 spiro atoms. The van der Waals surface area contributed by atoms with E-state index < -0.39 is 38.6 Å². The topological polar surface area (TPSA) is 158 Å². The van der Waals surface area contributed by atoms with E-state index in [-0.39, 0.29) is 58.5 Å². The molecule has 0 radical (unpaired) electrons. The summed E-state index contributed by atoms with van der Waals surface area (Å²) in [6.07, 6.45) is 4.36. The first kappa shape index (κ1) is 44.1. The number of fused-ring (bicyclic) bond motifs is 6. The van der Waals surface area contributed by atoms with E-state index in [2.05, 4.69) is 6.58 Å². The molecule has 0 saturated heterocycles. The lowest BCUT2D eigenvalue weighted by Gasteiger charge is -2.29. The predicted molar refractivity (Wildman–Crippen MR) is 245 cm³/mol. The molecule has 6 aromatic rings. The van der Waals surface area contributed by atoms with Gasteiger partial charge in [0, 0.05) is 36.7 Å². The number of carbonyl (C=O) groups is 4. The van der Waals surface area contributed by atoms with Gasteiger partial charge in [0.2, 0.25) is 0 Å². The third-order valence-corrected chi connectivity index (χ3v) is 15.1. The highest BCUT2D eigenvalue weighted by Gasteiger charge is 2.38. The first-order valence-corrected chi connectivity index (χ1v) is 24.0. The van der Waals surface area contributed by atoms with Gasteiger partial charge in [-0.15, -0.1) is 0 Å². The second-order valence-corrected chi connectivity index (χ2v) is 19.7. The molecule has 0 fully saturated rings. The Balaban J connectivity index is 0.996. The molecule has 6 aromatic carbocycles. The average molecular weight is 907 g/mol. The number of hydrogen-bond acceptors (Lipinski definition) is 12. The molecule has 0 N–H and O–H groups in total. The molecule has 2 aliphatic rings. The first-order valence-electron chi connectivity index (χ1n) is 20.4. The van der Waals surface area contributed by atoms with Crippen molar-refractivity contribution >= 4 is 49.2 Å². The number of benzene rings is 6. The van der Waals surface area contributed by atoms with Gasteiger partial charge in [0.1, 0.15) is 34.5 Å². The van der Waals surface area contributed by atoms with E-state index in [9.17, 15) is 28.3 Å². The first-order chi connectivity index (χ1) is 31.3. The highest BCUT2D eigenvalue weighted by Crippen LogP contribution is 2.58. The molecule has 2 heterocycles. The standard InChI is InChI=1S/C51H40O12P2/c1-33(58-34(2)52)22-27-39(13-12-30-64(56)48-20-10-6-16-43(48)41-14-4-8-18-46(41)62-64)60-50(54)36-23-25-37(26-24-36)51(55)61-45-29-28-40(59-35(3)53)31-38(45)32-65(57)49-21-11-7-17-44(49)42-15-5-9-19-47(42)63-65/h4-11,13-29,31H,1,12,30,32H2,2-3H3/b27-22-,39-13+. The molecule has 14 heteroatoms. The Morgan fingerprint density at radius 3 is 1.72 bits per heavy atom. The molecule has 2 aliphatic heterocycles. The minimum absolute atomic E-state index is 0.00542. The van der Waals surface area contributed by atoms with Crippen LogP contribution in [0.5, 0.6) is 23.0 Å². The van der Waals surface area contributed by atoms with Gasteiger partial charge < -0.3 is 28.0 Å². The van der Waals surface area contributed by atoms with E-state index in [1.165, 1.54) is 68.5 Å². The van der Waals surface area contributed by atoms with Crippen molar-refractivity contribution in [2.24, 2.45) is 0 Å². The van der Waals surface area contributed by atoms with Crippen molar-refractivity contribution in [1.82, 2.24) is 0 Å². The smallest absolute Gasteiger partial charge is 0.343 e. The van der Waals surface area contributed by atoms with Crippen LogP contribution in [0.1, 0.15) is 46.5 Å². The van der Waals surface area contributed by atoms with Gasteiger partial charge in [-0.1, -0.05) is 79.4 Å². The van der Waals surface area contributed by atoms with E-state index in [0.29, 0.717) is 22.1 Å². The Morgan fingerprint density at radius 1 is 0.585 bits per heavy atom. The van der Waals surface area contributed by atoms with Crippen LogP contribution in [0.3, 0.4) is 0 Å². The van der Waals surface area contributed by atoms with Crippen LogP contribution in [-0.2, 0) is 34.4 Å². The highest BCUT2D eigenvalue weighted by atomic mass is 31.2. The molecule has 0 bridgehead atoms. The maximum atomic E-state index is 14.8. The fourth-order valence-electron chi connectivity index (χ4n) is 7.45. The summed E-state index contributed by atoms with van der Waals surface area (Å²) in [6, 6.07) is 39.1. The van der Waals surface area contributed by atoms with Gasteiger partial charge in [-0.2, -0.15) is 0 Å². The van der Waals surface area contributed by atoms with Crippen LogP contribution in [0.15, 0.2) is 176 Å². The number of hydrogen-bond donors (Lipinski definition) is 0. The average Bonchev–Trinajstić information content (AvgIpc) is 3.29. The summed E-state index contributed by atoms with van der Waals surface area (Å²) in [6.45, 7) is 6.17. The van der Waals surface area contributed by atoms with Crippen molar-refractivity contribution in [2.75, 3.05) is 6.16 Å². The van der Waals surface area contributed by atoms with Crippen molar-refractivity contribution < 1.29 is 56.3 Å². The number of allylic oxidation sites excluding steroid dienone is 3. The third kappa shape index (κ3) is 9.85. The van der Waals surface area contributed by atoms with Crippen molar-refractivity contribution in [3.05, 3.63) is 193 Å². The van der Waals surface area contributed by atoms with Gasteiger partial charge in [-0.25, -0.2) is 9.59 Å². The van der Waals surface area contributed by atoms with Gasteiger partial charge >= 0.3 is 23.9 Å². The van der Waals surface area contributed by atoms with Crippen LogP contribution in [0, 0.1) is 0 Å². The van der Waals surface area contributed by atoms with Crippen LogP contribution < -0.4 is 29.1 Å². The fraction of sp³-hybridized carbons (Fsp3) is 0.0980. The monoisotopic (exact) mass is 906 g/mol. The summed E-state index contributed by atoms with van der Waals surface area (Å²) in [5.41, 5.74) is 3.63. The number of carbonyl (C=O) groups excluding carboxylic acids is 4. The van der Waals surface area contributed by atoms with Crippen molar-refractivity contribution in [3.63, 3.8) is 0 Å². The summed E-state index contributed by atoms with van der Waals surface area (Å²) in [5, 5.41) is 1.08. The largest absolute Gasteiger partial charge is 0.439 e. The van der Waals surface area contributed by atoms with Crippen molar-refractivity contribution in [2.45, 2.75) is 26.4 Å². The maximum Gasteiger partial charge on any atom is 0.343 e. The Labute approximate surface area is 374 Å². The van der Waals surface area contributed by atoms with Gasteiger partial charge in [0.05, 0.1) is 27.9 Å². The number of rotatable bonds is 13. The molecule has 0 aromatic heterocycles. The fourth-order valence-corrected chi connectivity index (χ4v) is 12.1. The van der Waals surface area contributed by atoms with E-state index in [1.807, 2.05) is 54.6 Å². The Hall–Kier alpha value is -7.52. The van der Waals surface area contributed by atoms with Gasteiger partial charge in [0.15, 0.2) is 0 Å². The molecule has 8 rings (SSSR count). The van der Waals surface area contributed by atoms with Crippen molar-refractivity contribution in [3.8, 4) is 45.3 Å². The second kappa shape index (κ2) is 18.7. The molecule has 2 atom stereocenters. The lowest BCUT2D eigenvalue weighted by molar-refractivity contribution is -0.136. The summed E-state index contributed by atoms with van der Waals surface area (Å²) in [4.78, 5) is 50.6. The predicted octanol–water partition coefficient (Wildman–Crippen LogP) is 10.7. The van der Waals surface area contributed by atoms with Crippen molar-refractivity contribution in [1.29, 1.82) is 0 Å². The number of ether oxygens (including phenoxy) is 4. The minimum atomic E-state index is -3.68. The van der Waals surface area contributed by atoms with E-state index in [1.54, 1.807) is 48.5 Å². The molecule has 12 nitrogen and oxygen atoms in total. The molecular formula is C51H40O12P2. The lowest BCUT2D eigenvalue weighted by Crippen LogP contribution is -2.19. The van der Waals surface area contributed by atoms with E-state index in [0.717, 1.165) is 22.3 Å². The normalized spacial score (nSPS) is 16.9. The minimum Gasteiger partial charge on any atom is -0.439 e.